The highest BCUT2D eigenvalue weighted by Gasteiger charge is 2.35. The van der Waals surface area contributed by atoms with Crippen LogP contribution in [0.5, 0.6) is 0 Å². The molecule has 1 N–H and O–H groups in total. The van der Waals surface area contributed by atoms with Gasteiger partial charge in [0.15, 0.2) is 0 Å². The summed E-state index contributed by atoms with van der Waals surface area (Å²) in [5.74, 6) is 0.0148. The van der Waals surface area contributed by atoms with Gasteiger partial charge in [-0.2, -0.15) is 10.2 Å². The van der Waals surface area contributed by atoms with E-state index in [-0.39, 0.29) is 11.9 Å². The number of hydrogen-bond donors (Lipinski definition) is 1. The maximum absolute atomic E-state index is 12.6. The first-order valence-electron chi connectivity index (χ1n) is 8.35. The molecule has 0 spiro atoms. The van der Waals surface area contributed by atoms with E-state index in [1.54, 1.807) is 4.68 Å². The summed E-state index contributed by atoms with van der Waals surface area (Å²) >= 11 is 0. The molecule has 1 amide bonds. The van der Waals surface area contributed by atoms with Crippen LogP contribution in [0.1, 0.15) is 35.7 Å². The summed E-state index contributed by atoms with van der Waals surface area (Å²) in [5.41, 5.74) is 4.86. The lowest BCUT2D eigenvalue weighted by Gasteiger charge is -2.42. The number of amides is 1. The second kappa shape index (κ2) is 6.05. The van der Waals surface area contributed by atoms with Crippen molar-refractivity contribution in [3.63, 3.8) is 0 Å². The maximum atomic E-state index is 12.6. The quantitative estimate of drug-likeness (QED) is 0.927. The Labute approximate surface area is 142 Å². The number of carbonyl (C=O) groups excluding carboxylic acids is 1. The normalized spacial score (nSPS) is 16.9. The van der Waals surface area contributed by atoms with Crippen molar-refractivity contribution in [2.75, 3.05) is 18.4 Å². The third kappa shape index (κ3) is 2.84. The first kappa shape index (κ1) is 16.7. The van der Waals surface area contributed by atoms with Crippen LogP contribution in [0, 0.1) is 27.7 Å². The average Bonchev–Trinajstić information content (AvgIpc) is 2.91. The lowest BCUT2D eigenvalue weighted by molar-refractivity contribution is -0.123. The van der Waals surface area contributed by atoms with Crippen LogP contribution in [0.15, 0.2) is 6.07 Å². The van der Waals surface area contributed by atoms with Gasteiger partial charge in [0.25, 0.3) is 0 Å². The van der Waals surface area contributed by atoms with Gasteiger partial charge >= 0.3 is 0 Å². The molecule has 0 saturated carbocycles. The molecular weight excluding hydrogens is 304 g/mol. The average molecular weight is 330 g/mol. The number of anilines is 1. The summed E-state index contributed by atoms with van der Waals surface area (Å²) in [5, 5.41) is 11.9. The monoisotopic (exact) mass is 330 g/mol. The minimum absolute atomic E-state index is 0.0148. The summed E-state index contributed by atoms with van der Waals surface area (Å²) in [6.45, 7) is 11.6. The number of rotatable bonds is 4. The zero-order valence-electron chi connectivity index (χ0n) is 15.3. The number of aromatic nitrogens is 4. The smallest absolute Gasteiger partial charge is 0.241 e. The van der Waals surface area contributed by atoms with Gasteiger partial charge in [-0.05, 0) is 40.7 Å². The second-order valence-electron chi connectivity index (χ2n) is 6.81. The Hall–Kier alpha value is -2.15. The molecule has 0 bridgehead atoms. The highest BCUT2D eigenvalue weighted by molar-refractivity contribution is 5.95. The molecule has 3 heterocycles. The number of likely N-dealkylation sites (tertiary alicyclic amines) is 1. The van der Waals surface area contributed by atoms with Gasteiger partial charge in [0.05, 0.1) is 34.9 Å². The van der Waals surface area contributed by atoms with Crippen LogP contribution in [-0.4, -0.2) is 49.5 Å². The van der Waals surface area contributed by atoms with Crippen LogP contribution in [0.25, 0.3) is 0 Å². The standard InChI is InChI=1S/C17H26N6O/c1-10-7-11(2)23(19-10)15-8-22(9-15)14(5)17(24)18-16-12(3)20-21(6)13(16)4/h7,14-15H,8-9H2,1-6H3,(H,18,24). The summed E-state index contributed by atoms with van der Waals surface area (Å²) in [6.07, 6.45) is 0. The van der Waals surface area contributed by atoms with Gasteiger partial charge in [-0.25, -0.2) is 0 Å². The largest absolute Gasteiger partial charge is 0.322 e. The van der Waals surface area contributed by atoms with E-state index in [1.807, 2.05) is 34.7 Å². The van der Waals surface area contributed by atoms with Crippen molar-refractivity contribution < 1.29 is 4.79 Å². The van der Waals surface area contributed by atoms with Gasteiger partial charge < -0.3 is 5.32 Å². The molecule has 1 aliphatic heterocycles. The molecule has 0 aromatic carbocycles. The van der Waals surface area contributed by atoms with Crippen LogP contribution in [0.2, 0.25) is 0 Å². The minimum atomic E-state index is -0.169. The van der Waals surface area contributed by atoms with E-state index in [2.05, 4.69) is 38.1 Å². The summed E-state index contributed by atoms with van der Waals surface area (Å²) in [6, 6.07) is 2.28. The fourth-order valence-electron chi connectivity index (χ4n) is 3.32. The van der Waals surface area contributed by atoms with E-state index < -0.39 is 0 Å². The zero-order chi connectivity index (χ0) is 17.6. The molecule has 1 unspecified atom stereocenters. The van der Waals surface area contributed by atoms with Gasteiger partial charge in [0.1, 0.15) is 0 Å². The first-order valence-corrected chi connectivity index (χ1v) is 8.35. The third-order valence-electron chi connectivity index (χ3n) is 4.97. The van der Waals surface area contributed by atoms with Gasteiger partial charge in [0, 0.05) is 25.8 Å². The van der Waals surface area contributed by atoms with Gasteiger partial charge in [-0.1, -0.05) is 0 Å². The van der Waals surface area contributed by atoms with E-state index in [1.165, 1.54) is 5.69 Å². The number of nitrogens with one attached hydrogen (secondary N) is 1. The maximum Gasteiger partial charge on any atom is 0.241 e. The Morgan fingerprint density at radius 1 is 1.25 bits per heavy atom. The lowest BCUT2D eigenvalue weighted by Crippen LogP contribution is -2.55. The van der Waals surface area contributed by atoms with Crippen LogP contribution in [0.4, 0.5) is 5.69 Å². The molecule has 0 radical (unpaired) electrons. The van der Waals surface area contributed by atoms with Crippen molar-refractivity contribution in [3.8, 4) is 0 Å². The fraction of sp³-hybridized carbons (Fsp3) is 0.588. The molecule has 0 aliphatic carbocycles. The van der Waals surface area contributed by atoms with Crippen molar-refractivity contribution in [3.05, 3.63) is 28.8 Å². The van der Waals surface area contributed by atoms with Gasteiger partial charge in [0.2, 0.25) is 5.91 Å². The van der Waals surface area contributed by atoms with Gasteiger partial charge in [-0.3, -0.25) is 19.1 Å². The molecule has 2 aromatic heterocycles. The Morgan fingerprint density at radius 2 is 1.92 bits per heavy atom. The Balaban J connectivity index is 1.61. The number of nitrogens with zero attached hydrogens (tertiary/aromatic N) is 5. The summed E-state index contributed by atoms with van der Waals surface area (Å²) < 4.78 is 3.87. The van der Waals surface area contributed by atoms with Crippen LogP contribution >= 0.6 is 0 Å². The van der Waals surface area contributed by atoms with E-state index >= 15 is 0 Å². The topological polar surface area (TPSA) is 68.0 Å². The molecule has 24 heavy (non-hydrogen) atoms. The van der Waals surface area contributed by atoms with Crippen LogP contribution < -0.4 is 5.32 Å². The fourth-order valence-corrected chi connectivity index (χ4v) is 3.32. The number of hydrogen-bond acceptors (Lipinski definition) is 4. The molecule has 1 fully saturated rings. The van der Waals surface area contributed by atoms with E-state index in [0.717, 1.165) is 35.9 Å². The predicted molar refractivity (Wildman–Crippen MR) is 93.1 cm³/mol. The molecule has 1 atom stereocenters. The Bertz CT molecular complexity index is 768. The number of aryl methyl sites for hydroxylation is 4. The Morgan fingerprint density at radius 3 is 2.42 bits per heavy atom. The molecule has 7 heteroatoms. The zero-order valence-corrected chi connectivity index (χ0v) is 15.3. The summed E-state index contributed by atoms with van der Waals surface area (Å²) in [4.78, 5) is 14.7. The molecule has 1 aliphatic rings. The SMILES string of the molecule is Cc1cc(C)n(C2CN(C(C)C(=O)Nc3c(C)nn(C)c3C)C2)n1. The molecule has 1 saturated heterocycles. The summed E-state index contributed by atoms with van der Waals surface area (Å²) in [7, 11) is 1.88. The van der Waals surface area contributed by atoms with Crippen LogP contribution in [0.3, 0.4) is 0 Å². The van der Waals surface area contributed by atoms with E-state index in [0.29, 0.717) is 6.04 Å². The van der Waals surface area contributed by atoms with Crippen molar-refractivity contribution in [2.24, 2.45) is 7.05 Å². The van der Waals surface area contributed by atoms with Crippen LogP contribution in [-0.2, 0) is 11.8 Å². The highest BCUT2D eigenvalue weighted by atomic mass is 16.2. The van der Waals surface area contributed by atoms with Gasteiger partial charge in [-0.15, -0.1) is 0 Å². The predicted octanol–water partition coefficient (Wildman–Crippen LogP) is 1.73. The molecule has 7 nitrogen and oxygen atoms in total. The Kier molecular flexibility index (Phi) is 4.21. The van der Waals surface area contributed by atoms with E-state index in [4.69, 9.17) is 0 Å². The third-order valence-corrected chi connectivity index (χ3v) is 4.97. The van der Waals surface area contributed by atoms with Crippen molar-refractivity contribution >= 4 is 11.6 Å². The lowest BCUT2D eigenvalue weighted by atomic mass is 10.1. The van der Waals surface area contributed by atoms with E-state index in [9.17, 15) is 4.79 Å². The molecule has 130 valence electrons. The van der Waals surface area contributed by atoms with Crippen molar-refractivity contribution in [1.29, 1.82) is 0 Å². The second-order valence-corrected chi connectivity index (χ2v) is 6.81. The number of carbonyl (C=O) groups is 1. The van der Waals surface area contributed by atoms with Crippen molar-refractivity contribution in [1.82, 2.24) is 24.5 Å². The molecular formula is C17H26N6O. The first-order chi connectivity index (χ1) is 11.3. The molecule has 2 aromatic rings. The molecule has 3 rings (SSSR count). The minimum Gasteiger partial charge on any atom is -0.322 e. The van der Waals surface area contributed by atoms with Crippen molar-refractivity contribution in [2.45, 2.75) is 46.7 Å². The highest BCUT2D eigenvalue weighted by Crippen LogP contribution is 2.26.